The minimum absolute atomic E-state index is 0.377. The van der Waals surface area contributed by atoms with Crippen LogP contribution in [0.5, 0.6) is 0 Å². The molecule has 4 heteroatoms. The lowest BCUT2D eigenvalue weighted by molar-refractivity contribution is -0.127. The molecule has 0 aliphatic heterocycles. The molecule has 0 N–H and O–H groups in total. The third kappa shape index (κ3) is 4.23. The Morgan fingerprint density at radius 3 is 2.60 bits per heavy atom. The van der Waals surface area contributed by atoms with E-state index in [1.807, 2.05) is 6.07 Å². The van der Waals surface area contributed by atoms with Gasteiger partial charge in [-0.3, -0.25) is 0 Å². The lowest BCUT2D eigenvalue weighted by Crippen LogP contribution is -2.32. The van der Waals surface area contributed by atoms with Crippen molar-refractivity contribution in [2.24, 2.45) is 0 Å². The Morgan fingerprint density at radius 1 is 1.20 bits per heavy atom. The van der Waals surface area contributed by atoms with Crippen molar-refractivity contribution in [3.05, 3.63) is 35.4 Å². The lowest BCUT2D eigenvalue weighted by atomic mass is 9.80. The van der Waals surface area contributed by atoms with Gasteiger partial charge in [0.2, 0.25) is 0 Å². The molecule has 112 valence electrons. The Kier molecular flexibility index (Phi) is 4.74. The van der Waals surface area contributed by atoms with Gasteiger partial charge >= 0.3 is 6.18 Å². The summed E-state index contributed by atoms with van der Waals surface area (Å²) >= 11 is 0. The number of halogens is 3. The molecule has 0 amide bonds. The van der Waals surface area contributed by atoms with E-state index in [4.69, 9.17) is 0 Å². The van der Waals surface area contributed by atoms with Crippen molar-refractivity contribution in [3.8, 4) is 0 Å². The van der Waals surface area contributed by atoms with Crippen LogP contribution in [0.15, 0.2) is 24.3 Å². The van der Waals surface area contributed by atoms with Crippen molar-refractivity contribution in [3.63, 3.8) is 0 Å². The van der Waals surface area contributed by atoms with Crippen LogP contribution in [0.25, 0.3) is 0 Å². The predicted molar refractivity (Wildman–Crippen MR) is 74.9 cm³/mol. The molecule has 0 spiro atoms. The van der Waals surface area contributed by atoms with Crippen LogP contribution in [0.3, 0.4) is 0 Å². The second kappa shape index (κ2) is 6.17. The fourth-order valence-electron chi connectivity index (χ4n) is 3.12. The van der Waals surface area contributed by atoms with Crippen LogP contribution in [-0.4, -0.2) is 31.2 Å². The third-order valence-corrected chi connectivity index (χ3v) is 4.20. The van der Waals surface area contributed by atoms with Crippen molar-refractivity contribution < 1.29 is 13.2 Å². The van der Waals surface area contributed by atoms with E-state index in [1.54, 1.807) is 18.2 Å². The summed E-state index contributed by atoms with van der Waals surface area (Å²) in [6, 6.07) is 7.59. The Morgan fingerprint density at radius 2 is 1.95 bits per heavy atom. The molecule has 0 aromatic heterocycles. The van der Waals surface area contributed by atoms with Crippen LogP contribution in [0.4, 0.5) is 13.2 Å². The third-order valence-electron chi connectivity index (χ3n) is 4.20. The van der Waals surface area contributed by atoms with Crippen molar-refractivity contribution in [1.29, 1.82) is 0 Å². The standard InChI is InChI=1S/C16H22F3N/c1-20(2)15-8-4-7-14(10-15)13-6-3-5-12(9-13)11-16(17,18)19/h3,5-6,9,14-15H,4,7-8,10-11H2,1-2H3. The first-order valence-electron chi connectivity index (χ1n) is 7.17. The van der Waals surface area contributed by atoms with E-state index in [9.17, 15) is 13.2 Å². The normalized spacial score (nSPS) is 24.1. The summed E-state index contributed by atoms with van der Waals surface area (Å²) in [6.45, 7) is 0. The van der Waals surface area contributed by atoms with E-state index in [1.165, 1.54) is 6.42 Å². The van der Waals surface area contributed by atoms with E-state index < -0.39 is 12.6 Å². The lowest BCUT2D eigenvalue weighted by Gasteiger charge is -2.33. The summed E-state index contributed by atoms with van der Waals surface area (Å²) in [5.41, 5.74) is 1.44. The maximum atomic E-state index is 12.5. The quantitative estimate of drug-likeness (QED) is 0.796. The van der Waals surface area contributed by atoms with E-state index in [2.05, 4.69) is 19.0 Å². The van der Waals surface area contributed by atoms with Gasteiger partial charge in [-0.15, -0.1) is 0 Å². The zero-order chi connectivity index (χ0) is 14.8. The molecule has 1 aliphatic rings. The molecule has 1 nitrogen and oxygen atoms in total. The van der Waals surface area contributed by atoms with Crippen molar-refractivity contribution >= 4 is 0 Å². The first-order chi connectivity index (χ1) is 9.35. The summed E-state index contributed by atoms with van der Waals surface area (Å²) in [7, 11) is 4.15. The van der Waals surface area contributed by atoms with Crippen LogP contribution in [0, 0.1) is 0 Å². The monoisotopic (exact) mass is 285 g/mol. The molecule has 20 heavy (non-hydrogen) atoms. The molecule has 1 aromatic carbocycles. The van der Waals surface area contributed by atoms with Crippen LogP contribution in [0.1, 0.15) is 42.7 Å². The Labute approximate surface area is 118 Å². The highest BCUT2D eigenvalue weighted by Crippen LogP contribution is 2.35. The number of hydrogen-bond acceptors (Lipinski definition) is 1. The molecular weight excluding hydrogens is 263 g/mol. The maximum Gasteiger partial charge on any atom is 0.393 e. The smallest absolute Gasteiger partial charge is 0.306 e. The first kappa shape index (κ1) is 15.4. The van der Waals surface area contributed by atoms with Gasteiger partial charge in [-0.2, -0.15) is 13.2 Å². The van der Waals surface area contributed by atoms with Gasteiger partial charge in [0, 0.05) is 6.04 Å². The second-order valence-corrected chi connectivity index (χ2v) is 6.02. The molecular formula is C16H22F3N. The van der Waals surface area contributed by atoms with Gasteiger partial charge < -0.3 is 4.90 Å². The predicted octanol–water partition coefficient (Wildman–Crippen LogP) is 4.38. The topological polar surface area (TPSA) is 3.24 Å². The average Bonchev–Trinajstić information content (AvgIpc) is 2.37. The molecule has 1 aliphatic carbocycles. The summed E-state index contributed by atoms with van der Waals surface area (Å²) in [6.07, 6.45) is -0.493. The van der Waals surface area contributed by atoms with Gasteiger partial charge in [0.1, 0.15) is 0 Å². The van der Waals surface area contributed by atoms with Crippen LogP contribution in [-0.2, 0) is 6.42 Å². The highest BCUT2D eigenvalue weighted by Gasteiger charge is 2.29. The molecule has 2 rings (SSSR count). The fourth-order valence-corrected chi connectivity index (χ4v) is 3.12. The van der Waals surface area contributed by atoms with Crippen molar-refractivity contribution in [2.45, 2.75) is 50.2 Å². The SMILES string of the molecule is CN(C)C1CCCC(c2cccc(CC(F)(F)F)c2)C1. The zero-order valence-electron chi connectivity index (χ0n) is 12.1. The van der Waals surface area contributed by atoms with Crippen molar-refractivity contribution in [2.75, 3.05) is 14.1 Å². The molecule has 0 radical (unpaired) electrons. The Bertz CT molecular complexity index is 440. The Hall–Kier alpha value is -1.03. The largest absolute Gasteiger partial charge is 0.393 e. The number of alkyl halides is 3. The summed E-state index contributed by atoms with van der Waals surface area (Å²) in [5.74, 6) is 0.393. The summed E-state index contributed by atoms with van der Waals surface area (Å²) in [4.78, 5) is 2.23. The maximum absolute atomic E-state index is 12.5. The number of rotatable bonds is 3. The molecule has 0 bridgehead atoms. The van der Waals surface area contributed by atoms with Crippen LogP contribution in [0.2, 0.25) is 0 Å². The molecule has 0 saturated heterocycles. The molecule has 2 unspecified atom stereocenters. The molecule has 1 saturated carbocycles. The summed E-state index contributed by atoms with van der Waals surface area (Å²) < 4.78 is 37.4. The van der Waals surface area contributed by atoms with Crippen LogP contribution < -0.4 is 0 Å². The highest BCUT2D eigenvalue weighted by atomic mass is 19.4. The summed E-state index contributed by atoms with van der Waals surface area (Å²) in [5, 5.41) is 0. The highest BCUT2D eigenvalue weighted by molar-refractivity contribution is 5.27. The van der Waals surface area contributed by atoms with Gasteiger partial charge in [-0.05, 0) is 50.4 Å². The molecule has 1 aromatic rings. The second-order valence-electron chi connectivity index (χ2n) is 6.02. The van der Waals surface area contributed by atoms with Gasteiger partial charge in [0.15, 0.2) is 0 Å². The van der Waals surface area contributed by atoms with Crippen molar-refractivity contribution in [1.82, 2.24) is 4.90 Å². The van der Waals surface area contributed by atoms with Gasteiger partial charge in [-0.1, -0.05) is 30.7 Å². The Balaban J connectivity index is 2.10. The zero-order valence-corrected chi connectivity index (χ0v) is 12.1. The minimum atomic E-state index is -4.13. The number of hydrogen-bond donors (Lipinski definition) is 0. The number of nitrogens with zero attached hydrogens (tertiary/aromatic N) is 1. The number of benzene rings is 1. The minimum Gasteiger partial charge on any atom is -0.306 e. The van der Waals surface area contributed by atoms with E-state index in [-0.39, 0.29) is 0 Å². The fraction of sp³-hybridized carbons (Fsp3) is 0.625. The van der Waals surface area contributed by atoms with E-state index in [0.29, 0.717) is 17.5 Å². The molecule has 0 heterocycles. The van der Waals surface area contributed by atoms with E-state index in [0.717, 1.165) is 24.8 Å². The molecule has 2 atom stereocenters. The van der Waals surface area contributed by atoms with E-state index >= 15 is 0 Å². The van der Waals surface area contributed by atoms with Gasteiger partial charge in [0.05, 0.1) is 6.42 Å². The van der Waals surface area contributed by atoms with Crippen LogP contribution >= 0.6 is 0 Å². The van der Waals surface area contributed by atoms with Gasteiger partial charge in [0.25, 0.3) is 0 Å². The average molecular weight is 285 g/mol. The molecule has 1 fully saturated rings. The van der Waals surface area contributed by atoms with Gasteiger partial charge in [-0.25, -0.2) is 0 Å². The first-order valence-corrected chi connectivity index (χ1v) is 7.17.